The number of nitrogens with one attached hydrogen (secondary N) is 2. The number of nitrogens with zero attached hydrogens (tertiary/aromatic N) is 7. The smallest absolute Gasteiger partial charge is 0.422 e. The van der Waals surface area contributed by atoms with E-state index in [2.05, 4.69) is 42.8 Å². The SMILES string of the molecule is C=CC(=O)Nc1cc(Nc2ncc(C#N)c(-c3cn(C4CC4)c4ccccc34)n2)c(OCC(F)(F)F)nc1N(C)CCN(C)C. The van der Waals surface area contributed by atoms with Crippen LogP contribution < -0.4 is 20.3 Å². The van der Waals surface area contributed by atoms with Crippen molar-refractivity contribution in [3.63, 3.8) is 0 Å². The van der Waals surface area contributed by atoms with Gasteiger partial charge in [0.05, 0.1) is 23.1 Å². The molecular formula is C31H32F3N9O2. The maximum absolute atomic E-state index is 13.3. The number of nitriles is 1. The molecule has 3 heterocycles. The molecule has 0 unspecified atom stereocenters. The number of anilines is 4. The third kappa shape index (κ3) is 7.32. The normalized spacial score (nSPS) is 13.0. The third-order valence-electron chi connectivity index (χ3n) is 7.12. The second-order valence-electron chi connectivity index (χ2n) is 10.9. The summed E-state index contributed by atoms with van der Waals surface area (Å²) in [5.74, 6) is -0.752. The van der Waals surface area contributed by atoms with Crippen LogP contribution in [0.2, 0.25) is 0 Å². The first-order chi connectivity index (χ1) is 21.5. The molecule has 0 saturated heterocycles. The van der Waals surface area contributed by atoms with Crippen LogP contribution in [0.25, 0.3) is 22.2 Å². The van der Waals surface area contributed by atoms with E-state index in [9.17, 15) is 23.2 Å². The quantitative estimate of drug-likeness (QED) is 0.198. The number of halogens is 3. The Morgan fingerprint density at radius 3 is 2.62 bits per heavy atom. The van der Waals surface area contributed by atoms with Crippen LogP contribution in [0, 0.1) is 11.3 Å². The first kappa shape index (κ1) is 31.3. The van der Waals surface area contributed by atoms with Crippen LogP contribution in [0.3, 0.4) is 0 Å². The molecule has 234 valence electrons. The van der Waals surface area contributed by atoms with Gasteiger partial charge in [-0.05, 0) is 45.1 Å². The topological polar surface area (TPSA) is 124 Å². The van der Waals surface area contributed by atoms with Crippen LogP contribution in [-0.2, 0) is 4.79 Å². The van der Waals surface area contributed by atoms with Crippen LogP contribution in [0.4, 0.5) is 36.3 Å². The van der Waals surface area contributed by atoms with Crippen molar-refractivity contribution < 1.29 is 22.7 Å². The van der Waals surface area contributed by atoms with Gasteiger partial charge in [0, 0.05) is 48.8 Å². The van der Waals surface area contributed by atoms with Gasteiger partial charge in [-0.25, -0.2) is 9.97 Å². The average Bonchev–Trinajstić information content (AvgIpc) is 3.78. The number of carbonyl (C=O) groups excluding carboxylic acids is 1. The Morgan fingerprint density at radius 2 is 1.96 bits per heavy atom. The van der Waals surface area contributed by atoms with Gasteiger partial charge in [-0.3, -0.25) is 4.79 Å². The number of amides is 1. The zero-order valence-electron chi connectivity index (χ0n) is 25.0. The van der Waals surface area contributed by atoms with Gasteiger partial charge in [0.15, 0.2) is 12.4 Å². The van der Waals surface area contributed by atoms with Crippen LogP contribution in [0.15, 0.2) is 55.4 Å². The van der Waals surface area contributed by atoms with Crippen molar-refractivity contribution in [2.45, 2.75) is 25.1 Å². The molecule has 1 aliphatic rings. The fourth-order valence-corrected chi connectivity index (χ4v) is 4.76. The fraction of sp³-hybridized carbons (Fsp3) is 0.323. The van der Waals surface area contributed by atoms with Crippen molar-refractivity contribution in [2.24, 2.45) is 0 Å². The largest absolute Gasteiger partial charge is 0.466 e. The fourth-order valence-electron chi connectivity index (χ4n) is 4.76. The van der Waals surface area contributed by atoms with Gasteiger partial charge in [0.1, 0.15) is 11.8 Å². The molecule has 1 aromatic carbocycles. The molecule has 0 bridgehead atoms. The predicted molar refractivity (Wildman–Crippen MR) is 166 cm³/mol. The van der Waals surface area contributed by atoms with Crippen LogP contribution in [0.1, 0.15) is 24.4 Å². The van der Waals surface area contributed by atoms with Gasteiger partial charge in [-0.1, -0.05) is 24.8 Å². The number of para-hydroxylation sites is 1. The molecule has 11 nitrogen and oxygen atoms in total. The van der Waals surface area contributed by atoms with Crippen molar-refractivity contribution in [1.82, 2.24) is 24.4 Å². The molecule has 0 atom stereocenters. The first-order valence-corrected chi connectivity index (χ1v) is 14.2. The number of hydrogen-bond donors (Lipinski definition) is 2. The summed E-state index contributed by atoms with van der Waals surface area (Å²) in [5.41, 5.74) is 2.49. The monoisotopic (exact) mass is 619 g/mol. The van der Waals surface area contributed by atoms with E-state index in [1.807, 2.05) is 49.5 Å². The highest BCUT2D eigenvalue weighted by molar-refractivity contribution is 6.01. The van der Waals surface area contributed by atoms with E-state index in [1.165, 1.54) is 12.3 Å². The predicted octanol–water partition coefficient (Wildman–Crippen LogP) is 5.51. The van der Waals surface area contributed by atoms with Crippen molar-refractivity contribution in [2.75, 3.05) is 56.4 Å². The van der Waals surface area contributed by atoms with E-state index in [4.69, 9.17) is 4.74 Å². The summed E-state index contributed by atoms with van der Waals surface area (Å²) >= 11 is 0. The lowest BCUT2D eigenvalue weighted by atomic mass is 10.1. The van der Waals surface area contributed by atoms with Gasteiger partial charge in [0.2, 0.25) is 17.7 Å². The van der Waals surface area contributed by atoms with Crippen molar-refractivity contribution in [3.05, 3.63) is 60.9 Å². The number of rotatable bonds is 12. The highest BCUT2D eigenvalue weighted by atomic mass is 19.4. The number of aromatic nitrogens is 4. The summed E-state index contributed by atoms with van der Waals surface area (Å²) in [5, 5.41) is 16.4. The van der Waals surface area contributed by atoms with E-state index in [-0.39, 0.29) is 34.6 Å². The summed E-state index contributed by atoms with van der Waals surface area (Å²) < 4.78 is 47.1. The number of hydrogen-bond acceptors (Lipinski definition) is 9. The molecule has 0 radical (unpaired) electrons. The maximum atomic E-state index is 13.3. The van der Waals surface area contributed by atoms with Crippen molar-refractivity contribution >= 4 is 40.0 Å². The summed E-state index contributed by atoms with van der Waals surface area (Å²) in [6.07, 6.45) is 1.85. The van der Waals surface area contributed by atoms with Crippen molar-refractivity contribution in [1.29, 1.82) is 5.26 Å². The molecule has 5 rings (SSSR count). The van der Waals surface area contributed by atoms with E-state index in [1.54, 1.807) is 11.9 Å². The molecule has 14 heteroatoms. The number of carbonyl (C=O) groups is 1. The molecule has 1 amide bonds. The molecular weight excluding hydrogens is 587 g/mol. The molecule has 1 saturated carbocycles. The van der Waals surface area contributed by atoms with Crippen molar-refractivity contribution in [3.8, 4) is 23.2 Å². The maximum Gasteiger partial charge on any atom is 0.422 e. The summed E-state index contributed by atoms with van der Waals surface area (Å²) in [6, 6.07) is 11.7. The van der Waals surface area contributed by atoms with E-state index in [0.29, 0.717) is 24.8 Å². The van der Waals surface area contributed by atoms with Gasteiger partial charge < -0.3 is 29.7 Å². The van der Waals surface area contributed by atoms with E-state index in [0.717, 1.165) is 35.4 Å². The molecule has 1 aliphatic carbocycles. The standard InChI is InChI=1S/C31H32F3N9O2/c1-5-26(44)37-23-14-24(29(45-18-31(32,33)34)40-28(23)42(4)13-12-41(2)3)38-30-36-16-19(15-35)27(39-30)22-17-43(20-10-11-20)25-9-7-6-8-21(22)25/h5-9,14,16-17,20H,1,10-13,18H2,2-4H3,(H,37,44)(H,36,38,39). The Bertz CT molecular complexity index is 1770. The molecule has 3 aromatic heterocycles. The third-order valence-corrected chi connectivity index (χ3v) is 7.12. The second-order valence-corrected chi connectivity index (χ2v) is 10.9. The lowest BCUT2D eigenvalue weighted by molar-refractivity contribution is -0.153. The summed E-state index contributed by atoms with van der Waals surface area (Å²) in [6.45, 7) is 2.92. The molecule has 0 aliphatic heterocycles. The summed E-state index contributed by atoms with van der Waals surface area (Å²) in [4.78, 5) is 29.2. The Labute approximate surface area is 258 Å². The molecule has 0 spiro atoms. The number of benzene rings is 1. The number of alkyl halides is 3. The average molecular weight is 620 g/mol. The lowest BCUT2D eigenvalue weighted by Gasteiger charge is -2.25. The summed E-state index contributed by atoms with van der Waals surface area (Å²) in [7, 11) is 5.45. The number of likely N-dealkylation sites (N-methyl/N-ethyl adjacent to an activating group) is 2. The number of fused-ring (bicyclic) bond motifs is 1. The molecule has 2 N–H and O–H groups in total. The highest BCUT2D eigenvalue weighted by Gasteiger charge is 2.30. The zero-order valence-corrected chi connectivity index (χ0v) is 25.0. The highest BCUT2D eigenvalue weighted by Crippen LogP contribution is 2.42. The van der Waals surface area contributed by atoms with Gasteiger partial charge in [-0.2, -0.15) is 23.4 Å². The van der Waals surface area contributed by atoms with Crippen LogP contribution in [0.5, 0.6) is 5.88 Å². The number of ether oxygens (including phenoxy) is 1. The van der Waals surface area contributed by atoms with E-state index >= 15 is 0 Å². The Hall–Kier alpha value is -5.16. The zero-order chi connectivity index (χ0) is 32.3. The Morgan fingerprint density at radius 1 is 1.20 bits per heavy atom. The van der Waals surface area contributed by atoms with Gasteiger partial charge in [0.25, 0.3) is 0 Å². The first-order valence-electron chi connectivity index (χ1n) is 14.2. The van der Waals surface area contributed by atoms with Gasteiger partial charge in [-0.15, -0.1) is 0 Å². The van der Waals surface area contributed by atoms with E-state index < -0.39 is 18.7 Å². The minimum Gasteiger partial charge on any atom is -0.466 e. The minimum absolute atomic E-state index is 0.0133. The second kappa shape index (κ2) is 12.8. The minimum atomic E-state index is -4.64. The number of pyridine rings is 1. The van der Waals surface area contributed by atoms with Gasteiger partial charge >= 0.3 is 6.18 Å². The molecule has 4 aromatic rings. The van der Waals surface area contributed by atoms with Crippen LogP contribution >= 0.6 is 0 Å². The Kier molecular flexibility index (Phi) is 8.92. The lowest BCUT2D eigenvalue weighted by Crippen LogP contribution is -2.30. The molecule has 45 heavy (non-hydrogen) atoms. The van der Waals surface area contributed by atoms with Crippen LogP contribution in [-0.4, -0.2) is 77.3 Å². The Balaban J connectivity index is 1.59. The molecule has 1 fully saturated rings.